The van der Waals surface area contributed by atoms with Gasteiger partial charge in [0.2, 0.25) is 0 Å². The highest BCUT2D eigenvalue weighted by Crippen LogP contribution is 2.32. The Morgan fingerprint density at radius 3 is 2.85 bits per heavy atom. The number of hydrogen-bond acceptors (Lipinski definition) is 1. The second-order valence-electron chi connectivity index (χ2n) is 5.62. The molecule has 0 saturated carbocycles. The maximum atomic E-state index is 13.9. The lowest BCUT2D eigenvalue weighted by molar-refractivity contribution is 0.612. The van der Waals surface area contributed by atoms with Gasteiger partial charge in [-0.25, -0.2) is 4.39 Å². The first-order valence-corrected chi connectivity index (χ1v) is 7.34. The van der Waals surface area contributed by atoms with Gasteiger partial charge in [-0.05, 0) is 55.0 Å². The van der Waals surface area contributed by atoms with E-state index < -0.39 is 0 Å². The van der Waals surface area contributed by atoms with Crippen molar-refractivity contribution in [3.05, 3.63) is 65.0 Å². The summed E-state index contributed by atoms with van der Waals surface area (Å²) in [6, 6.07) is 14.0. The molecular formula is C18H20FN. The second kappa shape index (κ2) is 5.66. The van der Waals surface area contributed by atoms with Crippen LogP contribution in [0.25, 0.3) is 0 Å². The first kappa shape index (κ1) is 13.2. The summed E-state index contributed by atoms with van der Waals surface area (Å²) >= 11 is 0. The molecule has 1 atom stereocenters. The fraction of sp³-hybridized carbons (Fsp3) is 0.333. The second-order valence-corrected chi connectivity index (χ2v) is 5.62. The molecule has 0 saturated heterocycles. The minimum absolute atomic E-state index is 0.169. The van der Waals surface area contributed by atoms with Crippen LogP contribution in [-0.4, -0.2) is 0 Å². The van der Waals surface area contributed by atoms with Crippen molar-refractivity contribution in [2.24, 2.45) is 0 Å². The van der Waals surface area contributed by atoms with Gasteiger partial charge in [-0.2, -0.15) is 0 Å². The maximum absolute atomic E-state index is 13.9. The Labute approximate surface area is 119 Å². The van der Waals surface area contributed by atoms with Crippen LogP contribution in [0.5, 0.6) is 0 Å². The van der Waals surface area contributed by atoms with Crippen LogP contribution in [0.1, 0.15) is 42.0 Å². The average Bonchev–Trinajstić information content (AvgIpc) is 2.66. The number of benzene rings is 2. The number of hydrogen-bond donors (Lipinski definition) is 1. The zero-order chi connectivity index (χ0) is 13.9. The van der Waals surface area contributed by atoms with E-state index in [-0.39, 0.29) is 11.9 Å². The Morgan fingerprint density at radius 2 is 1.95 bits per heavy atom. The van der Waals surface area contributed by atoms with Crippen LogP contribution in [-0.2, 0) is 6.42 Å². The van der Waals surface area contributed by atoms with E-state index in [4.69, 9.17) is 0 Å². The van der Waals surface area contributed by atoms with Crippen molar-refractivity contribution in [2.45, 2.75) is 38.6 Å². The third-order valence-electron chi connectivity index (χ3n) is 4.07. The number of halogens is 1. The SMILES string of the molecule is Cc1ccc(F)c(NC2CCCCc3ccccc32)c1. The van der Waals surface area contributed by atoms with E-state index >= 15 is 0 Å². The summed E-state index contributed by atoms with van der Waals surface area (Å²) < 4.78 is 13.9. The normalized spacial score (nSPS) is 18.2. The van der Waals surface area contributed by atoms with Gasteiger partial charge < -0.3 is 5.32 Å². The molecule has 1 unspecified atom stereocenters. The predicted octanol–water partition coefficient (Wildman–Crippen LogP) is 5.01. The molecule has 0 amide bonds. The number of rotatable bonds is 2. The predicted molar refractivity (Wildman–Crippen MR) is 81.5 cm³/mol. The van der Waals surface area contributed by atoms with E-state index in [1.165, 1.54) is 24.0 Å². The van der Waals surface area contributed by atoms with Gasteiger partial charge in [-0.15, -0.1) is 0 Å². The monoisotopic (exact) mass is 269 g/mol. The fourth-order valence-electron chi connectivity index (χ4n) is 3.01. The van der Waals surface area contributed by atoms with Crippen LogP contribution in [0.3, 0.4) is 0 Å². The van der Waals surface area contributed by atoms with Gasteiger partial charge in [0.05, 0.1) is 11.7 Å². The molecule has 1 nitrogen and oxygen atoms in total. The molecule has 0 fully saturated rings. The van der Waals surface area contributed by atoms with E-state index in [0.29, 0.717) is 5.69 Å². The molecule has 2 aromatic carbocycles. The maximum Gasteiger partial charge on any atom is 0.146 e. The molecule has 3 rings (SSSR count). The summed E-state index contributed by atoms with van der Waals surface area (Å²) in [6.07, 6.45) is 4.58. The highest BCUT2D eigenvalue weighted by Gasteiger charge is 2.19. The standard InChI is InChI=1S/C18H20FN/c1-13-10-11-16(19)18(12-13)20-17-9-5-3-7-14-6-2-4-8-15(14)17/h2,4,6,8,10-12,17,20H,3,5,7,9H2,1H3. The largest absolute Gasteiger partial charge is 0.376 e. The fourth-order valence-corrected chi connectivity index (χ4v) is 3.01. The van der Waals surface area contributed by atoms with E-state index in [1.54, 1.807) is 6.07 Å². The molecule has 0 aliphatic heterocycles. The van der Waals surface area contributed by atoms with E-state index in [1.807, 2.05) is 19.1 Å². The van der Waals surface area contributed by atoms with E-state index in [9.17, 15) is 4.39 Å². The van der Waals surface area contributed by atoms with Crippen LogP contribution < -0.4 is 5.32 Å². The van der Waals surface area contributed by atoms with Crippen molar-refractivity contribution >= 4 is 5.69 Å². The lowest BCUT2D eigenvalue weighted by Crippen LogP contribution is -2.12. The van der Waals surface area contributed by atoms with Gasteiger partial charge in [0.25, 0.3) is 0 Å². The average molecular weight is 269 g/mol. The Balaban J connectivity index is 1.92. The Kier molecular flexibility index (Phi) is 3.72. The van der Waals surface area contributed by atoms with Gasteiger partial charge in [-0.3, -0.25) is 0 Å². The van der Waals surface area contributed by atoms with E-state index in [2.05, 4.69) is 29.6 Å². The summed E-state index contributed by atoms with van der Waals surface area (Å²) in [5, 5.41) is 3.41. The van der Waals surface area contributed by atoms with Gasteiger partial charge in [0.15, 0.2) is 0 Å². The van der Waals surface area contributed by atoms with Crippen molar-refractivity contribution in [3.8, 4) is 0 Å². The van der Waals surface area contributed by atoms with Crippen LogP contribution >= 0.6 is 0 Å². The number of aryl methyl sites for hydroxylation is 2. The van der Waals surface area contributed by atoms with Crippen LogP contribution in [0.4, 0.5) is 10.1 Å². The van der Waals surface area contributed by atoms with Crippen molar-refractivity contribution in [1.29, 1.82) is 0 Å². The molecule has 0 heterocycles. The molecule has 1 N–H and O–H groups in total. The number of fused-ring (bicyclic) bond motifs is 1. The molecule has 1 aliphatic carbocycles. The van der Waals surface area contributed by atoms with Crippen LogP contribution in [0.15, 0.2) is 42.5 Å². The smallest absolute Gasteiger partial charge is 0.146 e. The zero-order valence-electron chi connectivity index (χ0n) is 11.8. The number of anilines is 1. The minimum atomic E-state index is -0.169. The molecule has 104 valence electrons. The molecule has 0 aromatic heterocycles. The van der Waals surface area contributed by atoms with E-state index in [0.717, 1.165) is 18.4 Å². The summed E-state index contributed by atoms with van der Waals surface area (Å²) in [5.41, 5.74) is 4.42. The third-order valence-corrected chi connectivity index (χ3v) is 4.07. The highest BCUT2D eigenvalue weighted by atomic mass is 19.1. The molecule has 20 heavy (non-hydrogen) atoms. The molecule has 2 aromatic rings. The third kappa shape index (κ3) is 2.69. The van der Waals surface area contributed by atoms with Gasteiger partial charge in [0, 0.05) is 0 Å². The van der Waals surface area contributed by atoms with Gasteiger partial charge >= 0.3 is 0 Å². The summed E-state index contributed by atoms with van der Waals surface area (Å²) in [4.78, 5) is 0. The molecule has 0 bridgehead atoms. The molecule has 0 spiro atoms. The van der Waals surface area contributed by atoms with Crippen molar-refractivity contribution in [3.63, 3.8) is 0 Å². The highest BCUT2D eigenvalue weighted by molar-refractivity contribution is 5.50. The lowest BCUT2D eigenvalue weighted by Gasteiger charge is -2.21. The topological polar surface area (TPSA) is 12.0 Å². The van der Waals surface area contributed by atoms with Crippen molar-refractivity contribution in [2.75, 3.05) is 5.32 Å². The summed E-state index contributed by atoms with van der Waals surface area (Å²) in [7, 11) is 0. The first-order chi connectivity index (χ1) is 9.74. The summed E-state index contributed by atoms with van der Waals surface area (Å²) in [6.45, 7) is 1.99. The van der Waals surface area contributed by atoms with Crippen LogP contribution in [0.2, 0.25) is 0 Å². The first-order valence-electron chi connectivity index (χ1n) is 7.34. The molecule has 1 aliphatic rings. The quantitative estimate of drug-likeness (QED) is 0.755. The number of nitrogens with one attached hydrogen (secondary N) is 1. The lowest BCUT2D eigenvalue weighted by atomic mass is 9.99. The van der Waals surface area contributed by atoms with Crippen molar-refractivity contribution < 1.29 is 4.39 Å². The zero-order valence-corrected chi connectivity index (χ0v) is 11.8. The van der Waals surface area contributed by atoms with Crippen molar-refractivity contribution in [1.82, 2.24) is 0 Å². The Morgan fingerprint density at radius 1 is 1.10 bits per heavy atom. The Bertz CT molecular complexity index is 606. The molecular weight excluding hydrogens is 249 g/mol. The minimum Gasteiger partial charge on any atom is -0.376 e. The summed E-state index contributed by atoms with van der Waals surface area (Å²) in [5.74, 6) is -0.169. The van der Waals surface area contributed by atoms with Crippen LogP contribution in [0, 0.1) is 12.7 Å². The molecule has 0 radical (unpaired) electrons. The van der Waals surface area contributed by atoms with Gasteiger partial charge in [-0.1, -0.05) is 36.8 Å². The Hall–Kier alpha value is -1.83. The molecule has 2 heteroatoms. The van der Waals surface area contributed by atoms with Gasteiger partial charge in [0.1, 0.15) is 5.82 Å².